The van der Waals surface area contributed by atoms with Gasteiger partial charge >= 0.3 is 6.09 Å². The minimum Gasteiger partial charge on any atom is -0.445 e. The van der Waals surface area contributed by atoms with Crippen molar-refractivity contribution in [3.63, 3.8) is 0 Å². The third-order valence-electron chi connectivity index (χ3n) is 3.08. The second-order valence-corrected chi connectivity index (χ2v) is 8.43. The van der Waals surface area contributed by atoms with Crippen molar-refractivity contribution in [3.05, 3.63) is 64.6 Å². The van der Waals surface area contributed by atoms with Gasteiger partial charge in [-0.05, 0) is 43.7 Å². The summed E-state index contributed by atoms with van der Waals surface area (Å²) in [5.41, 5.74) is 0.978. The summed E-state index contributed by atoms with van der Waals surface area (Å²) in [6.07, 6.45) is -0.390. The lowest BCUT2D eigenvalue weighted by atomic mass is 10.2. The Morgan fingerprint density at radius 2 is 1.78 bits per heavy atom. The molecule has 0 saturated heterocycles. The van der Waals surface area contributed by atoms with Crippen LogP contribution in [0.15, 0.2) is 64.0 Å². The summed E-state index contributed by atoms with van der Waals surface area (Å²) in [5.74, 6) is 0. The Labute approximate surface area is 149 Å². The van der Waals surface area contributed by atoms with Gasteiger partial charge in [0.2, 0.25) is 0 Å². The van der Waals surface area contributed by atoms with Gasteiger partial charge in [-0.2, -0.15) is 0 Å². The van der Waals surface area contributed by atoms with Gasteiger partial charge < -0.3 is 10.1 Å². The van der Waals surface area contributed by atoms with Crippen LogP contribution in [0.25, 0.3) is 0 Å². The first-order valence-electron chi connectivity index (χ1n) is 7.34. The molecule has 3 nitrogen and oxygen atoms in total. The molecule has 0 atom stereocenters. The SMILES string of the molecule is CC(C)(CNC(=O)OCc1ccccc1)Sc1ccc(Br)cc1. The minimum absolute atomic E-state index is 0.125. The maximum Gasteiger partial charge on any atom is 0.407 e. The smallest absolute Gasteiger partial charge is 0.407 e. The average Bonchev–Trinajstić information content (AvgIpc) is 2.54. The fourth-order valence-electron chi connectivity index (χ4n) is 1.92. The van der Waals surface area contributed by atoms with Gasteiger partial charge in [0.05, 0.1) is 0 Å². The highest BCUT2D eigenvalue weighted by molar-refractivity contribution is 9.10. The van der Waals surface area contributed by atoms with Gasteiger partial charge in [0.15, 0.2) is 0 Å². The van der Waals surface area contributed by atoms with E-state index in [1.807, 2.05) is 42.5 Å². The highest BCUT2D eigenvalue weighted by Crippen LogP contribution is 2.32. The van der Waals surface area contributed by atoms with Crippen LogP contribution in [-0.2, 0) is 11.3 Å². The van der Waals surface area contributed by atoms with Crippen LogP contribution in [0.3, 0.4) is 0 Å². The third kappa shape index (κ3) is 6.67. The zero-order chi connectivity index (χ0) is 16.7. The second kappa shape index (κ2) is 8.41. The van der Waals surface area contributed by atoms with E-state index in [-0.39, 0.29) is 11.4 Å². The van der Waals surface area contributed by atoms with Crippen molar-refractivity contribution in [2.75, 3.05) is 6.54 Å². The predicted octanol–water partition coefficient (Wildman–Crippen LogP) is 5.25. The number of rotatable bonds is 6. The normalized spacial score (nSPS) is 11.1. The second-order valence-electron chi connectivity index (χ2n) is 5.73. The van der Waals surface area contributed by atoms with Crippen LogP contribution in [0, 0.1) is 0 Å². The van der Waals surface area contributed by atoms with E-state index in [0.29, 0.717) is 6.54 Å². The molecule has 2 rings (SSSR count). The molecule has 0 bridgehead atoms. The van der Waals surface area contributed by atoms with Crippen molar-refractivity contribution in [2.45, 2.75) is 30.1 Å². The van der Waals surface area contributed by atoms with Gasteiger partial charge in [-0.3, -0.25) is 0 Å². The summed E-state index contributed by atoms with van der Waals surface area (Å²) < 4.78 is 6.16. The lowest BCUT2D eigenvalue weighted by molar-refractivity contribution is 0.139. The Balaban J connectivity index is 1.76. The fourth-order valence-corrected chi connectivity index (χ4v) is 3.24. The molecule has 0 aliphatic heterocycles. The average molecular weight is 394 g/mol. The van der Waals surface area contributed by atoms with E-state index in [9.17, 15) is 4.79 Å². The van der Waals surface area contributed by atoms with Crippen molar-refractivity contribution in [1.29, 1.82) is 0 Å². The molecule has 5 heteroatoms. The molecule has 0 saturated carbocycles. The zero-order valence-electron chi connectivity index (χ0n) is 13.2. The van der Waals surface area contributed by atoms with E-state index in [2.05, 4.69) is 47.2 Å². The lowest BCUT2D eigenvalue weighted by Gasteiger charge is -2.24. The fraction of sp³-hybridized carbons (Fsp3) is 0.278. The minimum atomic E-state index is -0.390. The number of amides is 1. The number of carbonyl (C=O) groups is 1. The van der Waals surface area contributed by atoms with E-state index in [0.717, 1.165) is 14.9 Å². The largest absolute Gasteiger partial charge is 0.445 e. The van der Waals surface area contributed by atoms with Crippen molar-refractivity contribution in [2.24, 2.45) is 0 Å². The van der Waals surface area contributed by atoms with E-state index in [4.69, 9.17) is 4.74 Å². The number of hydrogen-bond donors (Lipinski definition) is 1. The number of thioether (sulfide) groups is 1. The van der Waals surface area contributed by atoms with Gasteiger partial charge in [-0.25, -0.2) is 4.79 Å². The topological polar surface area (TPSA) is 38.3 Å². The zero-order valence-corrected chi connectivity index (χ0v) is 15.6. The highest BCUT2D eigenvalue weighted by Gasteiger charge is 2.20. The summed E-state index contributed by atoms with van der Waals surface area (Å²) in [5, 5.41) is 2.83. The van der Waals surface area contributed by atoms with Crippen LogP contribution < -0.4 is 5.32 Å². The number of hydrogen-bond acceptors (Lipinski definition) is 3. The Bertz CT molecular complexity index is 629. The molecule has 0 unspecified atom stereocenters. The number of benzene rings is 2. The molecule has 1 amide bonds. The maximum absolute atomic E-state index is 11.8. The summed E-state index contributed by atoms with van der Waals surface area (Å²) in [4.78, 5) is 13.0. The Hall–Kier alpha value is -1.46. The predicted molar refractivity (Wildman–Crippen MR) is 98.7 cm³/mol. The van der Waals surface area contributed by atoms with Crippen molar-refractivity contribution in [3.8, 4) is 0 Å². The molecule has 0 spiro atoms. The van der Waals surface area contributed by atoms with Crippen molar-refractivity contribution >= 4 is 33.8 Å². The molecule has 0 radical (unpaired) electrons. The monoisotopic (exact) mass is 393 g/mol. The molecule has 23 heavy (non-hydrogen) atoms. The first-order valence-corrected chi connectivity index (χ1v) is 8.95. The van der Waals surface area contributed by atoms with E-state index in [1.54, 1.807) is 11.8 Å². The summed E-state index contributed by atoms with van der Waals surface area (Å²) in [6, 6.07) is 17.8. The molecule has 0 aliphatic rings. The van der Waals surface area contributed by atoms with E-state index in [1.165, 1.54) is 0 Å². The molecule has 0 aromatic heterocycles. The van der Waals surface area contributed by atoms with Crippen molar-refractivity contribution in [1.82, 2.24) is 5.32 Å². The number of halogens is 1. The first-order chi connectivity index (χ1) is 10.9. The Morgan fingerprint density at radius 3 is 2.43 bits per heavy atom. The van der Waals surface area contributed by atoms with Gasteiger partial charge in [-0.1, -0.05) is 46.3 Å². The first kappa shape index (κ1) is 17.9. The number of ether oxygens (including phenoxy) is 1. The van der Waals surface area contributed by atoms with Crippen LogP contribution in [0.5, 0.6) is 0 Å². The van der Waals surface area contributed by atoms with Crippen LogP contribution in [0.1, 0.15) is 19.4 Å². The molecule has 0 aliphatic carbocycles. The summed E-state index contributed by atoms with van der Waals surface area (Å²) >= 11 is 5.15. The number of alkyl carbamates (subject to hydrolysis) is 1. The van der Waals surface area contributed by atoms with Gasteiger partial charge in [0.1, 0.15) is 6.61 Å². The van der Waals surface area contributed by atoms with Gasteiger partial charge in [0.25, 0.3) is 0 Å². The molecule has 0 fully saturated rings. The molecule has 2 aromatic rings. The van der Waals surface area contributed by atoms with E-state index < -0.39 is 6.09 Å². The highest BCUT2D eigenvalue weighted by atomic mass is 79.9. The van der Waals surface area contributed by atoms with Crippen molar-refractivity contribution < 1.29 is 9.53 Å². The number of nitrogens with one attached hydrogen (secondary N) is 1. The number of carbonyl (C=O) groups excluding carboxylic acids is 1. The molecular weight excluding hydrogens is 374 g/mol. The summed E-state index contributed by atoms with van der Waals surface area (Å²) in [7, 11) is 0. The summed E-state index contributed by atoms with van der Waals surface area (Å²) in [6.45, 7) is 5.00. The standard InChI is InChI=1S/C18H20BrNO2S/c1-18(2,23-16-10-8-15(19)9-11-16)13-20-17(21)22-12-14-6-4-3-5-7-14/h3-11H,12-13H2,1-2H3,(H,20,21). The van der Waals surface area contributed by atoms with Gasteiger partial charge in [0, 0.05) is 20.7 Å². The van der Waals surface area contributed by atoms with Gasteiger partial charge in [-0.15, -0.1) is 11.8 Å². The van der Waals surface area contributed by atoms with Crippen LogP contribution in [0.2, 0.25) is 0 Å². The van der Waals surface area contributed by atoms with E-state index >= 15 is 0 Å². The molecule has 122 valence electrons. The van der Waals surface area contributed by atoms with Crippen LogP contribution >= 0.6 is 27.7 Å². The molecular formula is C18H20BrNO2S. The Morgan fingerprint density at radius 1 is 1.13 bits per heavy atom. The molecule has 1 N–H and O–H groups in total. The molecule has 2 aromatic carbocycles. The molecule has 0 heterocycles. The van der Waals surface area contributed by atoms with Crippen LogP contribution in [0.4, 0.5) is 4.79 Å². The third-order valence-corrected chi connectivity index (χ3v) is 4.81. The maximum atomic E-state index is 11.8. The lowest BCUT2D eigenvalue weighted by Crippen LogP contribution is -2.36. The quantitative estimate of drug-likeness (QED) is 0.681. The Kier molecular flexibility index (Phi) is 6.54. The van der Waals surface area contributed by atoms with Crippen LogP contribution in [-0.4, -0.2) is 17.4 Å².